The Labute approximate surface area is 88.0 Å². The van der Waals surface area contributed by atoms with Gasteiger partial charge in [-0.25, -0.2) is 0 Å². The number of carboxylic acid groups (broad SMARTS) is 1. The van der Waals surface area contributed by atoms with E-state index in [1.165, 1.54) is 0 Å². The number of aliphatic hydroxyl groups excluding tert-OH is 1. The monoisotopic (exact) mass is 216 g/mol. The minimum absolute atomic E-state index is 0.364. The Morgan fingerprint density at radius 2 is 2.07 bits per heavy atom. The number of aliphatic hydroxyl groups is 2. The van der Waals surface area contributed by atoms with E-state index in [1.54, 1.807) is 6.08 Å². The van der Waals surface area contributed by atoms with E-state index in [0.717, 1.165) is 0 Å². The van der Waals surface area contributed by atoms with Gasteiger partial charge in [0.1, 0.15) is 0 Å². The molecule has 2 atom stereocenters. The van der Waals surface area contributed by atoms with Gasteiger partial charge in [-0.1, -0.05) is 12.2 Å². The summed E-state index contributed by atoms with van der Waals surface area (Å²) in [6, 6.07) is 0. The lowest BCUT2D eigenvalue weighted by molar-refractivity contribution is -0.249. The standard InChI is InChI=1S/C10H16O5/c11-9(12)7-3-1-2-4-8(6-5-7)15-10(13)14/h2,4,7-8,10,13-14H,1,3,5-6H2,(H,11,12). The van der Waals surface area contributed by atoms with Crippen molar-refractivity contribution in [3.63, 3.8) is 0 Å². The van der Waals surface area contributed by atoms with Gasteiger partial charge in [-0.15, -0.1) is 0 Å². The molecule has 1 aliphatic carbocycles. The van der Waals surface area contributed by atoms with Gasteiger partial charge in [-0.2, -0.15) is 0 Å². The molecule has 2 unspecified atom stereocenters. The number of carboxylic acids is 1. The normalized spacial score (nSPS) is 27.4. The number of rotatable bonds is 3. The number of carbonyl (C=O) groups is 1. The Morgan fingerprint density at radius 1 is 1.33 bits per heavy atom. The van der Waals surface area contributed by atoms with Crippen LogP contribution < -0.4 is 0 Å². The smallest absolute Gasteiger partial charge is 0.306 e. The Hall–Kier alpha value is -0.910. The van der Waals surface area contributed by atoms with E-state index in [1.807, 2.05) is 6.08 Å². The Bertz CT molecular complexity index is 236. The molecule has 0 saturated carbocycles. The highest BCUT2D eigenvalue weighted by atomic mass is 16.7. The van der Waals surface area contributed by atoms with Gasteiger partial charge in [0.05, 0.1) is 12.0 Å². The van der Waals surface area contributed by atoms with Crippen LogP contribution in [-0.2, 0) is 9.53 Å². The molecule has 1 rings (SSSR count). The fourth-order valence-corrected chi connectivity index (χ4v) is 1.67. The molecule has 0 radical (unpaired) electrons. The Kier molecular flexibility index (Phi) is 4.74. The minimum atomic E-state index is -1.80. The second-order valence-electron chi connectivity index (χ2n) is 3.62. The summed E-state index contributed by atoms with van der Waals surface area (Å²) in [4.78, 5) is 10.8. The second kappa shape index (κ2) is 5.85. The fourth-order valence-electron chi connectivity index (χ4n) is 1.67. The maximum Gasteiger partial charge on any atom is 0.306 e. The largest absolute Gasteiger partial charge is 0.481 e. The molecule has 0 aromatic rings. The first-order valence-electron chi connectivity index (χ1n) is 5.00. The molecule has 0 heterocycles. The summed E-state index contributed by atoms with van der Waals surface area (Å²) in [6.45, 7) is -1.80. The predicted molar refractivity (Wildman–Crippen MR) is 51.8 cm³/mol. The highest BCUT2D eigenvalue weighted by Crippen LogP contribution is 2.20. The lowest BCUT2D eigenvalue weighted by Crippen LogP contribution is -2.23. The highest BCUT2D eigenvalue weighted by molar-refractivity contribution is 5.69. The van der Waals surface area contributed by atoms with E-state index >= 15 is 0 Å². The topological polar surface area (TPSA) is 87.0 Å². The number of ether oxygens (including phenoxy) is 1. The molecule has 1 aliphatic rings. The van der Waals surface area contributed by atoms with Crippen molar-refractivity contribution in [2.24, 2.45) is 5.92 Å². The maximum atomic E-state index is 10.8. The van der Waals surface area contributed by atoms with Crippen molar-refractivity contribution in [2.75, 3.05) is 0 Å². The Morgan fingerprint density at radius 3 is 2.67 bits per heavy atom. The summed E-state index contributed by atoms with van der Waals surface area (Å²) in [5.74, 6) is -1.16. The molecule has 0 aliphatic heterocycles. The molecule has 3 N–H and O–H groups in total. The third-order valence-corrected chi connectivity index (χ3v) is 2.48. The van der Waals surface area contributed by atoms with Crippen LogP contribution in [0.4, 0.5) is 0 Å². The number of hydrogen-bond acceptors (Lipinski definition) is 4. The molecule has 15 heavy (non-hydrogen) atoms. The van der Waals surface area contributed by atoms with Crippen molar-refractivity contribution in [1.82, 2.24) is 0 Å². The van der Waals surface area contributed by atoms with Gasteiger partial charge in [0, 0.05) is 0 Å². The van der Waals surface area contributed by atoms with Crippen LogP contribution in [0.2, 0.25) is 0 Å². The summed E-state index contributed by atoms with van der Waals surface area (Å²) in [5.41, 5.74) is 0. The van der Waals surface area contributed by atoms with Crippen LogP contribution in [0, 0.1) is 5.92 Å². The molecule has 0 amide bonds. The van der Waals surface area contributed by atoms with E-state index in [-0.39, 0.29) is 5.92 Å². The first kappa shape index (κ1) is 12.2. The van der Waals surface area contributed by atoms with Crippen molar-refractivity contribution in [3.8, 4) is 0 Å². The Balaban J connectivity index is 2.49. The first-order valence-corrected chi connectivity index (χ1v) is 5.00. The lowest BCUT2D eigenvalue weighted by Gasteiger charge is -2.20. The number of hydrogen-bond donors (Lipinski definition) is 3. The van der Waals surface area contributed by atoms with Crippen LogP contribution in [0.1, 0.15) is 25.7 Å². The number of aliphatic carboxylic acids is 1. The average molecular weight is 216 g/mol. The summed E-state index contributed by atoms with van der Waals surface area (Å²) in [5, 5.41) is 26.1. The first-order chi connectivity index (χ1) is 7.09. The highest BCUT2D eigenvalue weighted by Gasteiger charge is 2.21. The summed E-state index contributed by atoms with van der Waals surface area (Å²) < 4.78 is 4.79. The SMILES string of the molecule is O=C(O)C1CCC=CC(OC(O)O)CC1. The predicted octanol–water partition coefficient (Wildman–Crippen LogP) is 0.471. The molecular weight excluding hydrogens is 200 g/mol. The van der Waals surface area contributed by atoms with Crippen LogP contribution >= 0.6 is 0 Å². The average Bonchev–Trinajstić information content (AvgIpc) is 2.08. The summed E-state index contributed by atoms with van der Waals surface area (Å²) in [6.07, 6.45) is 5.45. The third-order valence-electron chi connectivity index (χ3n) is 2.48. The molecule has 0 bridgehead atoms. The van der Waals surface area contributed by atoms with Crippen molar-refractivity contribution < 1.29 is 24.9 Å². The van der Waals surface area contributed by atoms with E-state index in [0.29, 0.717) is 25.7 Å². The third kappa shape index (κ3) is 4.42. The molecule has 0 aromatic carbocycles. The minimum Gasteiger partial charge on any atom is -0.481 e. The molecule has 0 spiro atoms. The molecular formula is C10H16O5. The molecule has 5 nitrogen and oxygen atoms in total. The quantitative estimate of drug-likeness (QED) is 0.471. The molecule has 0 saturated heterocycles. The van der Waals surface area contributed by atoms with E-state index < -0.39 is 18.5 Å². The van der Waals surface area contributed by atoms with Gasteiger partial charge in [0.15, 0.2) is 0 Å². The molecule has 86 valence electrons. The van der Waals surface area contributed by atoms with Crippen LogP contribution in [0.15, 0.2) is 12.2 Å². The van der Waals surface area contributed by atoms with Crippen LogP contribution in [0.25, 0.3) is 0 Å². The van der Waals surface area contributed by atoms with E-state index in [4.69, 9.17) is 20.1 Å². The van der Waals surface area contributed by atoms with Crippen molar-refractivity contribution in [2.45, 2.75) is 38.3 Å². The zero-order valence-electron chi connectivity index (χ0n) is 8.37. The number of allylic oxidation sites excluding steroid dienone is 1. The van der Waals surface area contributed by atoms with Crippen molar-refractivity contribution in [1.29, 1.82) is 0 Å². The fraction of sp³-hybridized carbons (Fsp3) is 0.700. The summed E-state index contributed by atoms with van der Waals surface area (Å²) in [7, 11) is 0. The van der Waals surface area contributed by atoms with Gasteiger partial charge in [0.2, 0.25) is 0 Å². The zero-order valence-corrected chi connectivity index (χ0v) is 8.37. The van der Waals surface area contributed by atoms with Crippen LogP contribution in [0.5, 0.6) is 0 Å². The van der Waals surface area contributed by atoms with Gasteiger partial charge in [-0.3, -0.25) is 4.79 Å². The molecule has 0 fully saturated rings. The maximum absolute atomic E-state index is 10.8. The molecule has 5 heteroatoms. The molecule has 0 aromatic heterocycles. The van der Waals surface area contributed by atoms with Crippen LogP contribution in [-0.4, -0.2) is 33.9 Å². The zero-order chi connectivity index (χ0) is 11.3. The van der Waals surface area contributed by atoms with E-state index in [2.05, 4.69) is 0 Å². The van der Waals surface area contributed by atoms with Gasteiger partial charge in [-0.05, 0) is 25.7 Å². The van der Waals surface area contributed by atoms with Crippen molar-refractivity contribution in [3.05, 3.63) is 12.2 Å². The van der Waals surface area contributed by atoms with Gasteiger partial charge < -0.3 is 20.1 Å². The van der Waals surface area contributed by atoms with E-state index in [9.17, 15) is 4.79 Å². The summed E-state index contributed by atoms with van der Waals surface area (Å²) >= 11 is 0. The lowest BCUT2D eigenvalue weighted by atomic mass is 9.93. The van der Waals surface area contributed by atoms with Crippen molar-refractivity contribution >= 4 is 5.97 Å². The van der Waals surface area contributed by atoms with Gasteiger partial charge in [0.25, 0.3) is 6.48 Å². The van der Waals surface area contributed by atoms with Gasteiger partial charge >= 0.3 is 5.97 Å². The van der Waals surface area contributed by atoms with Crippen LogP contribution in [0.3, 0.4) is 0 Å². The second-order valence-corrected chi connectivity index (χ2v) is 3.62.